The van der Waals surface area contributed by atoms with E-state index in [9.17, 15) is 4.79 Å². The molecule has 0 radical (unpaired) electrons. The molecule has 14 heavy (non-hydrogen) atoms. The average Bonchev–Trinajstić information content (AvgIpc) is 2.16. The lowest BCUT2D eigenvalue weighted by molar-refractivity contribution is -0.111. The predicted molar refractivity (Wildman–Crippen MR) is 59.5 cm³/mol. The van der Waals surface area contributed by atoms with Crippen LogP contribution in [0.3, 0.4) is 0 Å². The maximum atomic E-state index is 11.1. The molecule has 0 aliphatic rings. The van der Waals surface area contributed by atoms with Gasteiger partial charge < -0.3 is 0 Å². The molecule has 0 spiro atoms. The van der Waals surface area contributed by atoms with Crippen molar-refractivity contribution >= 4 is 28.8 Å². The number of carbonyl (C=O) groups excluding carboxylic acids is 1. The molecule has 0 fully saturated rings. The second-order valence-electron chi connectivity index (χ2n) is 2.94. The van der Waals surface area contributed by atoms with Gasteiger partial charge in [-0.2, -0.15) is 0 Å². The summed E-state index contributed by atoms with van der Waals surface area (Å²) in [6.45, 7) is 3.44. The topological polar surface area (TPSA) is 29.4 Å². The molecule has 0 heterocycles. The molecule has 1 aromatic carbocycles. The van der Waals surface area contributed by atoms with E-state index in [2.05, 4.69) is 4.99 Å². The number of halogens is 1. The highest BCUT2D eigenvalue weighted by Gasteiger charge is 2.02. The Kier molecular flexibility index (Phi) is 3.84. The van der Waals surface area contributed by atoms with Gasteiger partial charge in [0.05, 0.1) is 11.4 Å². The van der Waals surface area contributed by atoms with E-state index in [0.29, 0.717) is 17.2 Å². The lowest BCUT2D eigenvalue weighted by atomic mass is 10.2. The van der Waals surface area contributed by atoms with E-state index < -0.39 is 0 Å². The Morgan fingerprint density at radius 1 is 1.36 bits per heavy atom. The molecule has 0 aromatic heterocycles. The number of Topliss-reactive ketones (excluding diaryl/α,β-unsaturated/α-hetero) is 1. The molecule has 1 rings (SSSR count). The van der Waals surface area contributed by atoms with Gasteiger partial charge in [-0.05, 0) is 30.7 Å². The number of ketones is 1. The molecule has 74 valence electrons. The van der Waals surface area contributed by atoms with Crippen LogP contribution in [0.1, 0.15) is 20.3 Å². The zero-order valence-electron chi connectivity index (χ0n) is 8.25. The molecule has 2 nitrogen and oxygen atoms in total. The smallest absolute Gasteiger partial charge is 0.173 e. The number of hydrogen-bond acceptors (Lipinski definition) is 2. The Morgan fingerprint density at radius 2 is 1.93 bits per heavy atom. The van der Waals surface area contributed by atoms with Crippen LogP contribution in [-0.2, 0) is 4.79 Å². The van der Waals surface area contributed by atoms with Crippen LogP contribution in [0.4, 0.5) is 5.69 Å². The van der Waals surface area contributed by atoms with Crippen molar-refractivity contribution < 1.29 is 4.79 Å². The molecule has 0 saturated heterocycles. The van der Waals surface area contributed by atoms with Crippen molar-refractivity contribution in [1.29, 1.82) is 0 Å². The van der Waals surface area contributed by atoms with E-state index in [1.54, 1.807) is 24.3 Å². The van der Waals surface area contributed by atoms with Crippen LogP contribution in [0.5, 0.6) is 0 Å². The summed E-state index contributed by atoms with van der Waals surface area (Å²) in [4.78, 5) is 15.3. The monoisotopic (exact) mass is 209 g/mol. The number of nitrogens with zero attached hydrogens (tertiary/aromatic N) is 1. The van der Waals surface area contributed by atoms with Crippen LogP contribution < -0.4 is 0 Å². The molecule has 0 unspecified atom stereocenters. The van der Waals surface area contributed by atoms with Gasteiger partial charge in [0.2, 0.25) is 0 Å². The van der Waals surface area contributed by atoms with E-state index >= 15 is 0 Å². The lowest BCUT2D eigenvalue weighted by Gasteiger charge is -1.98. The first-order chi connectivity index (χ1) is 6.63. The fraction of sp³-hybridized carbons (Fsp3) is 0.273. The minimum atomic E-state index is 0.0162. The van der Waals surface area contributed by atoms with Crippen LogP contribution in [0.25, 0.3) is 0 Å². The van der Waals surface area contributed by atoms with Crippen molar-refractivity contribution in [2.45, 2.75) is 20.3 Å². The Labute approximate surface area is 88.6 Å². The SMILES string of the molecule is CCC(=Nc1ccc(Cl)cc1)C(C)=O. The molecule has 3 heteroatoms. The van der Waals surface area contributed by atoms with Crippen molar-refractivity contribution in [3.63, 3.8) is 0 Å². The summed E-state index contributed by atoms with van der Waals surface area (Å²) in [5.74, 6) is 0.0162. The maximum Gasteiger partial charge on any atom is 0.173 e. The molecule has 0 aliphatic carbocycles. The summed E-state index contributed by atoms with van der Waals surface area (Å²) in [5.41, 5.74) is 1.36. The van der Waals surface area contributed by atoms with Crippen LogP contribution in [0.2, 0.25) is 5.02 Å². The van der Waals surface area contributed by atoms with Gasteiger partial charge in [-0.15, -0.1) is 0 Å². The van der Waals surface area contributed by atoms with Crippen molar-refractivity contribution in [3.8, 4) is 0 Å². The Bertz CT molecular complexity index is 354. The van der Waals surface area contributed by atoms with Crippen molar-refractivity contribution in [2.75, 3.05) is 0 Å². The fourth-order valence-electron chi connectivity index (χ4n) is 1.08. The minimum absolute atomic E-state index is 0.0162. The quantitative estimate of drug-likeness (QED) is 0.702. The molecular formula is C11H12ClNO. The highest BCUT2D eigenvalue weighted by atomic mass is 35.5. The van der Waals surface area contributed by atoms with Gasteiger partial charge in [0, 0.05) is 11.9 Å². The number of rotatable bonds is 3. The summed E-state index contributed by atoms with van der Waals surface area (Å²) in [5, 5.41) is 0.671. The molecule has 0 atom stereocenters. The number of benzene rings is 1. The first-order valence-electron chi connectivity index (χ1n) is 4.47. The maximum absolute atomic E-state index is 11.1. The second-order valence-corrected chi connectivity index (χ2v) is 3.38. The van der Waals surface area contributed by atoms with Crippen molar-refractivity contribution in [2.24, 2.45) is 4.99 Å². The Hall–Kier alpha value is -1.15. The standard InChI is InChI=1S/C11H12ClNO/c1-3-11(8(2)14)13-10-6-4-9(12)5-7-10/h4-7H,3H2,1-2H3. The largest absolute Gasteiger partial charge is 0.293 e. The summed E-state index contributed by atoms with van der Waals surface area (Å²) in [7, 11) is 0. The van der Waals surface area contributed by atoms with E-state index in [-0.39, 0.29) is 5.78 Å². The zero-order valence-corrected chi connectivity index (χ0v) is 9.01. The van der Waals surface area contributed by atoms with Gasteiger partial charge in [0.1, 0.15) is 0 Å². The molecule has 0 saturated carbocycles. The van der Waals surface area contributed by atoms with E-state index in [4.69, 9.17) is 11.6 Å². The summed E-state index contributed by atoms with van der Waals surface area (Å²) < 4.78 is 0. The van der Waals surface area contributed by atoms with Crippen molar-refractivity contribution in [1.82, 2.24) is 0 Å². The summed E-state index contributed by atoms with van der Waals surface area (Å²) in [6.07, 6.45) is 0.651. The summed E-state index contributed by atoms with van der Waals surface area (Å²) >= 11 is 5.73. The third-order valence-corrected chi connectivity index (χ3v) is 2.08. The molecule has 0 aliphatic heterocycles. The lowest BCUT2D eigenvalue weighted by Crippen LogP contribution is -2.07. The van der Waals surface area contributed by atoms with Gasteiger partial charge in [0.15, 0.2) is 5.78 Å². The molecule has 0 amide bonds. The highest BCUT2D eigenvalue weighted by Crippen LogP contribution is 2.16. The predicted octanol–water partition coefficient (Wildman–Crippen LogP) is 3.41. The van der Waals surface area contributed by atoms with E-state index in [0.717, 1.165) is 5.69 Å². The first-order valence-corrected chi connectivity index (χ1v) is 4.85. The third kappa shape index (κ3) is 2.96. The number of carbonyl (C=O) groups is 1. The molecule has 1 aromatic rings. The molecular weight excluding hydrogens is 198 g/mol. The summed E-state index contributed by atoms with van der Waals surface area (Å²) in [6, 6.07) is 7.10. The third-order valence-electron chi connectivity index (χ3n) is 1.83. The number of aliphatic imine (C=N–C) groups is 1. The van der Waals surface area contributed by atoms with Gasteiger partial charge in [-0.1, -0.05) is 18.5 Å². The van der Waals surface area contributed by atoms with Crippen LogP contribution in [-0.4, -0.2) is 11.5 Å². The highest BCUT2D eigenvalue weighted by molar-refractivity contribution is 6.39. The second kappa shape index (κ2) is 4.91. The Balaban J connectivity index is 2.95. The van der Waals surface area contributed by atoms with Gasteiger partial charge in [-0.3, -0.25) is 4.79 Å². The minimum Gasteiger partial charge on any atom is -0.293 e. The molecule has 0 N–H and O–H groups in total. The van der Waals surface area contributed by atoms with Crippen LogP contribution in [0.15, 0.2) is 29.3 Å². The van der Waals surface area contributed by atoms with E-state index in [1.807, 2.05) is 6.92 Å². The fourth-order valence-corrected chi connectivity index (χ4v) is 1.20. The van der Waals surface area contributed by atoms with Gasteiger partial charge in [-0.25, -0.2) is 4.99 Å². The first kappa shape index (κ1) is 10.9. The zero-order chi connectivity index (χ0) is 10.6. The van der Waals surface area contributed by atoms with E-state index in [1.165, 1.54) is 6.92 Å². The van der Waals surface area contributed by atoms with Crippen LogP contribution >= 0.6 is 11.6 Å². The number of hydrogen-bond donors (Lipinski definition) is 0. The van der Waals surface area contributed by atoms with Gasteiger partial charge in [0.25, 0.3) is 0 Å². The Morgan fingerprint density at radius 3 is 2.36 bits per heavy atom. The van der Waals surface area contributed by atoms with Crippen molar-refractivity contribution in [3.05, 3.63) is 29.3 Å². The normalized spacial score (nSPS) is 11.5. The van der Waals surface area contributed by atoms with Crippen LogP contribution in [0, 0.1) is 0 Å². The molecule has 0 bridgehead atoms. The average molecular weight is 210 g/mol. The van der Waals surface area contributed by atoms with Gasteiger partial charge >= 0.3 is 0 Å².